The van der Waals surface area contributed by atoms with Gasteiger partial charge in [-0.3, -0.25) is 4.90 Å². The molecule has 2 aromatic carbocycles. The van der Waals surface area contributed by atoms with Crippen LogP contribution in [0.25, 0.3) is 0 Å². The van der Waals surface area contributed by atoms with Gasteiger partial charge in [-0.25, -0.2) is 9.59 Å². The zero-order valence-corrected chi connectivity index (χ0v) is 21.2. The third kappa shape index (κ3) is 8.37. The lowest BCUT2D eigenvalue weighted by Gasteiger charge is -2.40. The largest absolute Gasteiger partial charge is 0.478 e. The van der Waals surface area contributed by atoms with E-state index >= 15 is 0 Å². The van der Waals surface area contributed by atoms with Crippen LogP contribution in [-0.4, -0.2) is 75.9 Å². The van der Waals surface area contributed by atoms with Crippen molar-refractivity contribution < 1.29 is 24.9 Å². The molecule has 3 N–H and O–H groups in total. The van der Waals surface area contributed by atoms with Crippen LogP contribution in [0.3, 0.4) is 0 Å². The van der Waals surface area contributed by atoms with E-state index in [0.29, 0.717) is 18.2 Å². The summed E-state index contributed by atoms with van der Waals surface area (Å²) in [4.78, 5) is 26.9. The molecule has 2 aliphatic heterocycles. The van der Waals surface area contributed by atoms with Crippen molar-refractivity contribution >= 4 is 35.3 Å². The van der Waals surface area contributed by atoms with E-state index in [4.69, 9.17) is 21.8 Å². The van der Waals surface area contributed by atoms with Gasteiger partial charge in [0.1, 0.15) is 0 Å². The summed E-state index contributed by atoms with van der Waals surface area (Å²) in [6.07, 6.45) is 2.79. The molecule has 1 saturated heterocycles. The predicted molar refractivity (Wildman–Crippen MR) is 137 cm³/mol. The van der Waals surface area contributed by atoms with Crippen LogP contribution in [0.2, 0.25) is 5.02 Å². The quantitative estimate of drug-likeness (QED) is 0.489. The van der Waals surface area contributed by atoms with Crippen molar-refractivity contribution in [3.63, 3.8) is 0 Å². The van der Waals surface area contributed by atoms with Gasteiger partial charge in [-0.15, -0.1) is 0 Å². The standard InChI is InChI=1S/C22H27ClN2OS.C4H4O4/c1-16(26)8-9-24-10-12-25(13-11-24)20-14-17-4-2-3-5-21(17)27-22-7-6-18(23)15-19(20)22;5-3(6)1-2-4(7)8/h2-7,15-16,20,26H,8-14H2,1H3;1-2H,(H,5,6)(H,7,8)/b;2-1-. The van der Waals surface area contributed by atoms with Gasteiger partial charge < -0.3 is 20.2 Å². The van der Waals surface area contributed by atoms with Crippen molar-refractivity contribution in [2.24, 2.45) is 0 Å². The lowest BCUT2D eigenvalue weighted by atomic mass is 9.96. The number of aliphatic carboxylic acids is 2. The topological polar surface area (TPSA) is 101 Å². The molecule has 2 atom stereocenters. The smallest absolute Gasteiger partial charge is 0.328 e. The highest BCUT2D eigenvalue weighted by Crippen LogP contribution is 2.43. The molecule has 188 valence electrons. The number of carbonyl (C=O) groups is 2. The van der Waals surface area contributed by atoms with Crippen LogP contribution >= 0.6 is 23.4 Å². The van der Waals surface area contributed by atoms with Crippen molar-refractivity contribution in [1.29, 1.82) is 0 Å². The summed E-state index contributed by atoms with van der Waals surface area (Å²) in [5.41, 5.74) is 2.79. The highest BCUT2D eigenvalue weighted by molar-refractivity contribution is 7.99. The molecule has 2 aliphatic rings. The second kappa shape index (κ2) is 13.1. The number of aliphatic hydroxyl groups excluding tert-OH is 1. The number of benzene rings is 2. The second-order valence-electron chi connectivity index (χ2n) is 8.64. The molecular formula is C26H31ClN2O5S. The number of nitrogens with zero attached hydrogens (tertiary/aromatic N) is 2. The normalized spacial score (nSPS) is 19.1. The van der Waals surface area contributed by atoms with Crippen LogP contribution in [0.4, 0.5) is 0 Å². The first-order chi connectivity index (χ1) is 16.7. The molecule has 9 heteroatoms. The molecule has 2 heterocycles. The van der Waals surface area contributed by atoms with Crippen molar-refractivity contribution in [2.45, 2.75) is 41.7 Å². The fourth-order valence-corrected chi connectivity index (χ4v) is 5.51. The maximum Gasteiger partial charge on any atom is 0.328 e. The van der Waals surface area contributed by atoms with Gasteiger partial charge >= 0.3 is 11.9 Å². The van der Waals surface area contributed by atoms with Crippen LogP contribution < -0.4 is 0 Å². The molecule has 0 spiro atoms. The van der Waals surface area contributed by atoms with E-state index in [9.17, 15) is 14.7 Å². The molecule has 0 aromatic heterocycles. The maximum atomic E-state index is 9.55. The summed E-state index contributed by atoms with van der Waals surface area (Å²) in [6, 6.07) is 15.5. The first-order valence-electron chi connectivity index (χ1n) is 11.6. The molecule has 0 aliphatic carbocycles. The Balaban J connectivity index is 0.000000371. The van der Waals surface area contributed by atoms with Crippen molar-refractivity contribution in [1.82, 2.24) is 9.80 Å². The molecule has 35 heavy (non-hydrogen) atoms. The molecule has 0 bridgehead atoms. The van der Waals surface area contributed by atoms with Crippen LogP contribution in [-0.2, 0) is 16.0 Å². The molecule has 7 nitrogen and oxygen atoms in total. The monoisotopic (exact) mass is 518 g/mol. The minimum atomic E-state index is -1.26. The van der Waals surface area contributed by atoms with Gasteiger partial charge in [0.15, 0.2) is 0 Å². The fourth-order valence-electron chi connectivity index (χ4n) is 4.22. The first kappa shape index (κ1) is 27.2. The van der Waals surface area contributed by atoms with Crippen molar-refractivity contribution in [2.75, 3.05) is 32.7 Å². The summed E-state index contributed by atoms with van der Waals surface area (Å²) in [5.74, 6) is -2.51. The van der Waals surface area contributed by atoms with Gasteiger partial charge in [0.2, 0.25) is 0 Å². The molecule has 0 radical (unpaired) electrons. The van der Waals surface area contributed by atoms with Gasteiger partial charge in [-0.05, 0) is 55.2 Å². The van der Waals surface area contributed by atoms with Gasteiger partial charge in [0.05, 0.1) is 6.10 Å². The van der Waals surface area contributed by atoms with Crippen LogP contribution in [0.15, 0.2) is 64.4 Å². The van der Waals surface area contributed by atoms with E-state index in [1.807, 2.05) is 24.8 Å². The average Bonchev–Trinajstić information content (AvgIpc) is 2.99. The Hall–Kier alpha value is -2.36. The van der Waals surface area contributed by atoms with E-state index < -0.39 is 11.9 Å². The zero-order chi connectivity index (χ0) is 25.4. The Bertz CT molecular complexity index is 1040. The van der Waals surface area contributed by atoms with E-state index in [0.717, 1.165) is 50.6 Å². The summed E-state index contributed by atoms with van der Waals surface area (Å²) in [7, 11) is 0. The molecule has 2 unspecified atom stereocenters. The SMILES string of the molecule is CC(O)CCN1CCN(C2Cc3ccccc3Sc3ccc(Cl)cc32)CC1.O=C(O)/C=C\C(=O)O. The van der Waals surface area contributed by atoms with Crippen LogP contribution in [0.1, 0.15) is 30.5 Å². The molecule has 4 rings (SSSR count). The van der Waals surface area contributed by atoms with Gasteiger partial charge in [0, 0.05) is 65.7 Å². The molecular weight excluding hydrogens is 488 g/mol. The van der Waals surface area contributed by atoms with E-state index in [2.05, 4.69) is 46.2 Å². The molecule has 0 saturated carbocycles. The number of carboxylic acids is 2. The van der Waals surface area contributed by atoms with Gasteiger partial charge in [-0.1, -0.05) is 41.6 Å². The minimum Gasteiger partial charge on any atom is -0.478 e. The number of fused-ring (bicyclic) bond motifs is 2. The number of halogens is 1. The third-order valence-electron chi connectivity index (χ3n) is 6.02. The number of aliphatic hydroxyl groups is 1. The predicted octanol–water partition coefficient (Wildman–Crippen LogP) is 4.19. The van der Waals surface area contributed by atoms with E-state index in [1.54, 1.807) is 0 Å². The Morgan fingerprint density at radius 2 is 1.71 bits per heavy atom. The number of carboxylic acid groups (broad SMARTS) is 2. The molecule has 0 amide bonds. The highest BCUT2D eigenvalue weighted by Gasteiger charge is 2.30. The van der Waals surface area contributed by atoms with Crippen LogP contribution in [0.5, 0.6) is 0 Å². The number of hydrogen-bond donors (Lipinski definition) is 3. The van der Waals surface area contributed by atoms with E-state index in [1.165, 1.54) is 20.9 Å². The summed E-state index contributed by atoms with van der Waals surface area (Å²) < 4.78 is 0. The third-order valence-corrected chi connectivity index (χ3v) is 7.46. The summed E-state index contributed by atoms with van der Waals surface area (Å²) >= 11 is 8.25. The second-order valence-corrected chi connectivity index (χ2v) is 10.2. The zero-order valence-electron chi connectivity index (χ0n) is 19.6. The Labute approximate surface area is 215 Å². The highest BCUT2D eigenvalue weighted by atomic mass is 35.5. The summed E-state index contributed by atoms with van der Waals surface area (Å²) in [6.45, 7) is 7.10. The van der Waals surface area contributed by atoms with Crippen LogP contribution in [0, 0.1) is 0 Å². The molecule has 1 fully saturated rings. The Morgan fingerprint density at radius 3 is 2.34 bits per heavy atom. The van der Waals surface area contributed by atoms with Crippen molar-refractivity contribution in [3.05, 3.63) is 70.8 Å². The maximum absolute atomic E-state index is 9.55. The van der Waals surface area contributed by atoms with Crippen molar-refractivity contribution in [3.8, 4) is 0 Å². The number of hydrogen-bond acceptors (Lipinski definition) is 6. The fraction of sp³-hybridized carbons (Fsp3) is 0.385. The summed E-state index contributed by atoms with van der Waals surface area (Å²) in [5, 5.41) is 26.0. The van der Waals surface area contributed by atoms with E-state index in [-0.39, 0.29) is 6.10 Å². The van der Waals surface area contributed by atoms with Gasteiger partial charge in [0.25, 0.3) is 0 Å². The minimum absolute atomic E-state index is 0.215. The first-order valence-corrected chi connectivity index (χ1v) is 12.8. The van der Waals surface area contributed by atoms with Gasteiger partial charge in [-0.2, -0.15) is 0 Å². The Kier molecular flexibility index (Phi) is 10.2. The lowest BCUT2D eigenvalue weighted by Crippen LogP contribution is -2.48. The number of piperazine rings is 1. The molecule has 2 aromatic rings. The number of rotatable bonds is 6. The lowest BCUT2D eigenvalue weighted by molar-refractivity contribution is -0.134. The Morgan fingerprint density at radius 1 is 1.06 bits per heavy atom. The average molecular weight is 519 g/mol.